The smallest absolute Gasteiger partial charge is 0.243 e. The summed E-state index contributed by atoms with van der Waals surface area (Å²) in [7, 11) is 0. The predicted octanol–water partition coefficient (Wildman–Crippen LogP) is 2.35. The number of carbonyl (C=O) groups is 1. The van der Waals surface area contributed by atoms with Gasteiger partial charge >= 0.3 is 0 Å². The summed E-state index contributed by atoms with van der Waals surface area (Å²) in [6.45, 7) is 5.49. The van der Waals surface area contributed by atoms with Crippen molar-refractivity contribution in [2.75, 3.05) is 6.54 Å². The lowest BCUT2D eigenvalue weighted by molar-refractivity contribution is -0.117. The van der Waals surface area contributed by atoms with Crippen molar-refractivity contribution in [3.8, 4) is 11.8 Å². The molecule has 0 heterocycles. The molecule has 0 aromatic rings. The van der Waals surface area contributed by atoms with Gasteiger partial charge in [-0.3, -0.25) is 4.79 Å². The van der Waals surface area contributed by atoms with Crippen molar-refractivity contribution in [3.63, 3.8) is 0 Å². The maximum atomic E-state index is 11.3. The number of aliphatic hydroxyl groups is 1. The molecule has 0 aliphatic carbocycles. The molecule has 0 atom stereocenters. The molecule has 3 nitrogen and oxygen atoms in total. The van der Waals surface area contributed by atoms with E-state index in [-0.39, 0.29) is 12.5 Å². The molecule has 104 valence electrons. The fraction of sp³-hybridized carbons (Fsp3) is 0.438. The average molecular weight is 261 g/mol. The van der Waals surface area contributed by atoms with Crippen LogP contribution < -0.4 is 5.32 Å². The second kappa shape index (κ2) is 10.2. The van der Waals surface area contributed by atoms with Crippen LogP contribution in [0.3, 0.4) is 0 Å². The van der Waals surface area contributed by atoms with Gasteiger partial charge in [0.2, 0.25) is 5.91 Å². The highest BCUT2D eigenvalue weighted by atomic mass is 16.3. The number of nitrogens with one attached hydrogen (secondary N) is 1. The molecule has 0 aromatic carbocycles. The lowest BCUT2D eigenvalue weighted by Gasteiger charge is -2.16. The first-order valence-electron chi connectivity index (χ1n) is 6.38. The van der Waals surface area contributed by atoms with E-state index < -0.39 is 5.60 Å². The number of allylic oxidation sites excluding steroid dienone is 5. The molecule has 19 heavy (non-hydrogen) atoms. The van der Waals surface area contributed by atoms with E-state index in [2.05, 4.69) is 17.2 Å². The zero-order chi connectivity index (χ0) is 14.6. The van der Waals surface area contributed by atoms with Crippen molar-refractivity contribution in [1.29, 1.82) is 0 Å². The topological polar surface area (TPSA) is 49.3 Å². The van der Waals surface area contributed by atoms with Gasteiger partial charge in [0.15, 0.2) is 0 Å². The van der Waals surface area contributed by atoms with Crippen molar-refractivity contribution in [2.45, 2.75) is 39.2 Å². The minimum atomic E-state index is -0.881. The minimum absolute atomic E-state index is 0.192. The Labute approximate surface area is 116 Å². The molecule has 0 saturated heterocycles. The van der Waals surface area contributed by atoms with Crippen molar-refractivity contribution < 1.29 is 9.90 Å². The van der Waals surface area contributed by atoms with E-state index in [0.717, 1.165) is 12.8 Å². The number of unbranched alkanes of at least 4 members (excludes halogenated alkanes) is 1. The van der Waals surface area contributed by atoms with E-state index in [1.54, 1.807) is 26.0 Å². The number of hydrogen-bond donors (Lipinski definition) is 2. The van der Waals surface area contributed by atoms with E-state index in [0.29, 0.717) is 0 Å². The first-order valence-corrected chi connectivity index (χ1v) is 6.38. The van der Waals surface area contributed by atoms with Crippen LogP contribution in [0.2, 0.25) is 0 Å². The molecule has 0 fully saturated rings. The summed E-state index contributed by atoms with van der Waals surface area (Å²) in [5.41, 5.74) is -0.881. The SMILES string of the molecule is C/C=C/C=C/C#CCC/C=C/C(=O)NCC(C)(C)O. The van der Waals surface area contributed by atoms with Gasteiger partial charge in [-0.05, 0) is 39.3 Å². The maximum Gasteiger partial charge on any atom is 0.243 e. The van der Waals surface area contributed by atoms with Gasteiger partial charge in [0.05, 0.1) is 5.60 Å². The highest BCUT2D eigenvalue weighted by Crippen LogP contribution is 1.97. The third kappa shape index (κ3) is 14.1. The molecule has 0 unspecified atom stereocenters. The summed E-state index contributed by atoms with van der Waals surface area (Å²) in [5, 5.41) is 12.0. The summed E-state index contributed by atoms with van der Waals surface area (Å²) in [4.78, 5) is 11.3. The van der Waals surface area contributed by atoms with Gasteiger partial charge in [-0.1, -0.05) is 36.1 Å². The predicted molar refractivity (Wildman–Crippen MR) is 79.4 cm³/mol. The molecule has 0 aliphatic heterocycles. The minimum Gasteiger partial charge on any atom is -0.389 e. The number of rotatable bonds is 6. The third-order valence-electron chi connectivity index (χ3n) is 1.99. The average Bonchev–Trinajstić information content (AvgIpc) is 2.33. The first-order chi connectivity index (χ1) is 8.95. The standard InChI is InChI=1S/C16H23NO2/c1-4-5-6-7-8-9-10-11-12-13-15(18)17-14-16(2,3)19/h4-7,12-13,19H,10-11,14H2,1-3H3,(H,17,18)/b5-4+,7-6+,13-12+. The highest BCUT2D eigenvalue weighted by Gasteiger charge is 2.12. The van der Waals surface area contributed by atoms with Crippen LogP contribution >= 0.6 is 0 Å². The lowest BCUT2D eigenvalue weighted by Crippen LogP contribution is -2.37. The molecular weight excluding hydrogens is 238 g/mol. The van der Waals surface area contributed by atoms with E-state index in [4.69, 9.17) is 0 Å². The third-order valence-corrected chi connectivity index (χ3v) is 1.99. The van der Waals surface area contributed by atoms with Crippen LogP contribution in [0.15, 0.2) is 36.5 Å². The molecule has 0 aliphatic rings. The Bertz CT molecular complexity index is 401. The van der Waals surface area contributed by atoms with Crippen LogP contribution in [0, 0.1) is 11.8 Å². The molecule has 0 radical (unpaired) electrons. The summed E-state index contributed by atoms with van der Waals surface area (Å²) >= 11 is 0. The Hall–Kier alpha value is -1.79. The van der Waals surface area contributed by atoms with Crippen LogP contribution in [0.1, 0.15) is 33.6 Å². The number of amides is 1. The van der Waals surface area contributed by atoms with Crippen molar-refractivity contribution in [2.24, 2.45) is 0 Å². The van der Waals surface area contributed by atoms with Crippen LogP contribution in [0.4, 0.5) is 0 Å². The van der Waals surface area contributed by atoms with Crippen LogP contribution in [-0.2, 0) is 4.79 Å². The quantitative estimate of drug-likeness (QED) is 0.334. The van der Waals surface area contributed by atoms with Gasteiger partial charge in [0, 0.05) is 13.0 Å². The second-order valence-electron chi connectivity index (χ2n) is 4.68. The molecule has 3 heteroatoms. The summed E-state index contributed by atoms with van der Waals surface area (Å²) in [6.07, 6.45) is 12.2. The zero-order valence-electron chi connectivity index (χ0n) is 11.9. The molecule has 0 spiro atoms. The molecule has 0 rings (SSSR count). The molecule has 0 saturated carbocycles. The van der Waals surface area contributed by atoms with Crippen molar-refractivity contribution in [3.05, 3.63) is 36.5 Å². The van der Waals surface area contributed by atoms with E-state index in [9.17, 15) is 9.90 Å². The fourth-order valence-electron chi connectivity index (χ4n) is 1.05. The van der Waals surface area contributed by atoms with Gasteiger partial charge in [0.1, 0.15) is 0 Å². The highest BCUT2D eigenvalue weighted by molar-refractivity contribution is 5.87. The van der Waals surface area contributed by atoms with E-state index in [1.807, 2.05) is 25.2 Å². The Kier molecular flexibility index (Phi) is 9.20. The van der Waals surface area contributed by atoms with Gasteiger partial charge in [0.25, 0.3) is 0 Å². The molecule has 0 bridgehead atoms. The first kappa shape index (κ1) is 17.2. The monoisotopic (exact) mass is 261 g/mol. The van der Waals surface area contributed by atoms with E-state index >= 15 is 0 Å². The maximum absolute atomic E-state index is 11.3. The Morgan fingerprint density at radius 1 is 1.37 bits per heavy atom. The zero-order valence-corrected chi connectivity index (χ0v) is 11.9. The normalized spacial score (nSPS) is 12.0. The lowest BCUT2D eigenvalue weighted by atomic mass is 10.1. The van der Waals surface area contributed by atoms with E-state index in [1.165, 1.54) is 6.08 Å². The van der Waals surface area contributed by atoms with Gasteiger partial charge < -0.3 is 10.4 Å². The summed E-state index contributed by atoms with van der Waals surface area (Å²) in [5.74, 6) is 5.69. The second-order valence-corrected chi connectivity index (χ2v) is 4.68. The largest absolute Gasteiger partial charge is 0.389 e. The van der Waals surface area contributed by atoms with Gasteiger partial charge in [-0.25, -0.2) is 0 Å². The number of hydrogen-bond acceptors (Lipinski definition) is 2. The van der Waals surface area contributed by atoms with Crippen LogP contribution in [0.25, 0.3) is 0 Å². The molecule has 0 aromatic heterocycles. The molecule has 2 N–H and O–H groups in total. The van der Waals surface area contributed by atoms with Crippen LogP contribution in [0.5, 0.6) is 0 Å². The van der Waals surface area contributed by atoms with Gasteiger partial charge in [-0.15, -0.1) is 0 Å². The van der Waals surface area contributed by atoms with Crippen molar-refractivity contribution in [1.82, 2.24) is 5.32 Å². The Morgan fingerprint density at radius 3 is 2.74 bits per heavy atom. The number of carbonyl (C=O) groups excluding carboxylic acids is 1. The Balaban J connectivity index is 3.76. The van der Waals surface area contributed by atoms with Gasteiger partial charge in [-0.2, -0.15) is 0 Å². The molecule has 1 amide bonds. The fourth-order valence-corrected chi connectivity index (χ4v) is 1.05. The Morgan fingerprint density at radius 2 is 2.11 bits per heavy atom. The summed E-state index contributed by atoms with van der Waals surface area (Å²) < 4.78 is 0. The van der Waals surface area contributed by atoms with Crippen LogP contribution in [-0.4, -0.2) is 23.2 Å². The summed E-state index contributed by atoms with van der Waals surface area (Å²) in [6, 6.07) is 0. The van der Waals surface area contributed by atoms with Crippen molar-refractivity contribution >= 4 is 5.91 Å². The molecular formula is C16H23NO2.